The molecule has 2 fully saturated rings. The maximum Gasteiger partial charge on any atom is 0.0854 e. The van der Waals surface area contributed by atoms with Crippen molar-refractivity contribution in [3.8, 4) is 0 Å². The van der Waals surface area contributed by atoms with Crippen molar-refractivity contribution in [3.63, 3.8) is 0 Å². The van der Waals surface area contributed by atoms with Crippen LogP contribution in [-0.2, 0) is 6.42 Å². The predicted octanol–water partition coefficient (Wildman–Crippen LogP) is 2.87. The minimum Gasteiger partial charge on any atom is -0.388 e. The van der Waals surface area contributed by atoms with Crippen LogP contribution in [0.25, 0.3) is 0 Å². The van der Waals surface area contributed by atoms with Gasteiger partial charge in [-0.05, 0) is 43.5 Å². The van der Waals surface area contributed by atoms with E-state index < -0.39 is 5.60 Å². The van der Waals surface area contributed by atoms with Crippen LogP contribution in [0.3, 0.4) is 0 Å². The zero-order chi connectivity index (χ0) is 12.6. The van der Waals surface area contributed by atoms with Crippen LogP contribution in [0.1, 0.15) is 31.2 Å². The molecule has 98 valence electrons. The lowest BCUT2D eigenvalue weighted by molar-refractivity contribution is -0.00885. The molecular formula is C15H20ClNO. The Morgan fingerprint density at radius 3 is 2.78 bits per heavy atom. The topological polar surface area (TPSA) is 23.5 Å². The molecule has 1 aromatic carbocycles. The highest BCUT2D eigenvalue weighted by Gasteiger charge is 2.46. The number of nitrogens with zero attached hydrogens (tertiary/aromatic N) is 1. The molecule has 18 heavy (non-hydrogen) atoms. The molecule has 3 heteroatoms. The van der Waals surface area contributed by atoms with E-state index in [1.807, 2.05) is 24.3 Å². The van der Waals surface area contributed by atoms with Crippen LogP contribution in [0.2, 0.25) is 5.02 Å². The van der Waals surface area contributed by atoms with Crippen LogP contribution in [0.4, 0.5) is 0 Å². The summed E-state index contributed by atoms with van der Waals surface area (Å²) in [4.78, 5) is 2.47. The molecule has 2 heterocycles. The Labute approximate surface area is 114 Å². The third-order valence-electron chi connectivity index (χ3n) is 4.49. The Bertz CT molecular complexity index is 419. The van der Waals surface area contributed by atoms with E-state index in [1.54, 1.807) is 0 Å². The number of hydrogen-bond acceptors (Lipinski definition) is 2. The summed E-state index contributed by atoms with van der Waals surface area (Å²) in [5.41, 5.74) is 0.656. The number of benzene rings is 1. The molecule has 1 aromatic rings. The van der Waals surface area contributed by atoms with E-state index in [0.29, 0.717) is 6.04 Å². The first kappa shape index (κ1) is 12.5. The summed E-state index contributed by atoms with van der Waals surface area (Å²) in [7, 11) is 0. The van der Waals surface area contributed by atoms with Crippen molar-refractivity contribution < 1.29 is 5.11 Å². The minimum atomic E-state index is -0.533. The first-order chi connectivity index (χ1) is 8.67. The monoisotopic (exact) mass is 265 g/mol. The van der Waals surface area contributed by atoms with E-state index in [4.69, 9.17) is 11.6 Å². The fraction of sp³-hybridized carbons (Fsp3) is 0.600. The molecule has 0 bridgehead atoms. The van der Waals surface area contributed by atoms with Gasteiger partial charge in [0.15, 0.2) is 0 Å². The molecule has 1 N–H and O–H groups in total. The average Bonchev–Trinajstić information content (AvgIpc) is 2.71. The molecule has 0 saturated carbocycles. The van der Waals surface area contributed by atoms with Gasteiger partial charge in [-0.25, -0.2) is 0 Å². The quantitative estimate of drug-likeness (QED) is 0.889. The molecule has 0 spiro atoms. The Morgan fingerprint density at radius 1 is 1.22 bits per heavy atom. The Morgan fingerprint density at radius 2 is 2.00 bits per heavy atom. The van der Waals surface area contributed by atoms with Crippen LogP contribution in [0, 0.1) is 0 Å². The number of fused-ring (bicyclic) bond motifs is 1. The van der Waals surface area contributed by atoms with Gasteiger partial charge in [0.25, 0.3) is 0 Å². The first-order valence-electron chi connectivity index (χ1n) is 6.88. The van der Waals surface area contributed by atoms with E-state index in [2.05, 4.69) is 4.90 Å². The molecule has 0 radical (unpaired) electrons. The summed E-state index contributed by atoms with van der Waals surface area (Å²) in [5.74, 6) is 0. The fourth-order valence-corrected chi connectivity index (χ4v) is 3.66. The number of rotatable bonds is 2. The molecule has 3 rings (SSSR count). The second-order valence-corrected chi connectivity index (χ2v) is 6.14. The maximum absolute atomic E-state index is 10.9. The average molecular weight is 266 g/mol. The van der Waals surface area contributed by atoms with Crippen molar-refractivity contribution in [2.24, 2.45) is 0 Å². The lowest BCUT2D eigenvalue weighted by Gasteiger charge is -2.37. The molecule has 0 amide bonds. The smallest absolute Gasteiger partial charge is 0.0854 e. The van der Waals surface area contributed by atoms with Gasteiger partial charge in [0.1, 0.15) is 0 Å². The van der Waals surface area contributed by atoms with Crippen molar-refractivity contribution in [2.45, 2.75) is 43.7 Å². The van der Waals surface area contributed by atoms with Crippen LogP contribution < -0.4 is 0 Å². The van der Waals surface area contributed by atoms with Crippen LogP contribution >= 0.6 is 11.6 Å². The largest absolute Gasteiger partial charge is 0.388 e. The Hall–Kier alpha value is -0.570. The zero-order valence-corrected chi connectivity index (χ0v) is 11.4. The van der Waals surface area contributed by atoms with Gasteiger partial charge in [-0.3, -0.25) is 4.90 Å². The summed E-state index contributed by atoms with van der Waals surface area (Å²) in [6, 6.07) is 8.25. The summed E-state index contributed by atoms with van der Waals surface area (Å²) in [6.45, 7) is 2.21. The first-order valence-corrected chi connectivity index (χ1v) is 7.26. The molecule has 2 aliphatic heterocycles. The summed E-state index contributed by atoms with van der Waals surface area (Å²) < 4.78 is 0. The van der Waals surface area contributed by atoms with Gasteiger partial charge in [0, 0.05) is 24.0 Å². The van der Waals surface area contributed by atoms with Gasteiger partial charge < -0.3 is 5.11 Å². The second kappa shape index (κ2) is 4.84. The second-order valence-electron chi connectivity index (χ2n) is 5.70. The van der Waals surface area contributed by atoms with E-state index in [9.17, 15) is 5.11 Å². The number of piperidine rings is 1. The van der Waals surface area contributed by atoms with Gasteiger partial charge in [-0.2, -0.15) is 0 Å². The van der Waals surface area contributed by atoms with Crippen molar-refractivity contribution in [1.29, 1.82) is 0 Å². The van der Waals surface area contributed by atoms with Crippen LogP contribution in [0.15, 0.2) is 24.3 Å². The zero-order valence-electron chi connectivity index (χ0n) is 10.6. The van der Waals surface area contributed by atoms with Gasteiger partial charge >= 0.3 is 0 Å². The highest BCUT2D eigenvalue weighted by atomic mass is 35.5. The van der Waals surface area contributed by atoms with E-state index in [1.165, 1.54) is 18.4 Å². The standard InChI is InChI=1S/C15H20ClNO/c16-13-6-4-12(5-7-13)11-15(18)8-10-17-9-2-1-3-14(15)17/h4-7,14,18H,1-3,8-11H2. The summed E-state index contributed by atoms with van der Waals surface area (Å²) >= 11 is 5.90. The molecule has 2 saturated heterocycles. The van der Waals surface area contributed by atoms with E-state index >= 15 is 0 Å². The Kier molecular flexibility index (Phi) is 3.35. The molecule has 2 aliphatic rings. The third kappa shape index (κ3) is 2.29. The van der Waals surface area contributed by atoms with Gasteiger partial charge in [-0.1, -0.05) is 30.2 Å². The molecular weight excluding hydrogens is 246 g/mol. The molecule has 0 aromatic heterocycles. The van der Waals surface area contributed by atoms with Crippen molar-refractivity contribution in [2.75, 3.05) is 13.1 Å². The van der Waals surface area contributed by atoms with Crippen LogP contribution in [-0.4, -0.2) is 34.7 Å². The van der Waals surface area contributed by atoms with E-state index in [-0.39, 0.29) is 0 Å². The SMILES string of the molecule is OC1(Cc2ccc(Cl)cc2)CCN2CCCCC21. The van der Waals surface area contributed by atoms with Crippen molar-refractivity contribution in [3.05, 3.63) is 34.9 Å². The highest BCUT2D eigenvalue weighted by molar-refractivity contribution is 6.30. The summed E-state index contributed by atoms with van der Waals surface area (Å²) in [5, 5.41) is 11.7. The molecule has 2 atom stereocenters. The summed E-state index contributed by atoms with van der Waals surface area (Å²) in [6.07, 6.45) is 5.34. The number of halogens is 1. The minimum absolute atomic E-state index is 0.363. The normalized spacial score (nSPS) is 32.4. The van der Waals surface area contributed by atoms with Crippen molar-refractivity contribution >= 4 is 11.6 Å². The van der Waals surface area contributed by atoms with Gasteiger partial charge in [-0.15, -0.1) is 0 Å². The maximum atomic E-state index is 10.9. The van der Waals surface area contributed by atoms with Crippen LogP contribution in [0.5, 0.6) is 0 Å². The van der Waals surface area contributed by atoms with Gasteiger partial charge in [0.2, 0.25) is 0 Å². The lowest BCUT2D eigenvalue weighted by Crippen LogP contribution is -2.48. The van der Waals surface area contributed by atoms with Crippen molar-refractivity contribution in [1.82, 2.24) is 4.90 Å². The van der Waals surface area contributed by atoms with E-state index in [0.717, 1.165) is 37.4 Å². The predicted molar refractivity (Wildman–Crippen MR) is 73.9 cm³/mol. The third-order valence-corrected chi connectivity index (χ3v) is 4.74. The number of aliphatic hydroxyl groups is 1. The number of hydrogen-bond donors (Lipinski definition) is 1. The molecule has 2 nitrogen and oxygen atoms in total. The molecule has 0 aliphatic carbocycles. The lowest BCUT2D eigenvalue weighted by atomic mass is 9.84. The fourth-order valence-electron chi connectivity index (χ4n) is 3.53. The Balaban J connectivity index is 1.76. The molecule has 2 unspecified atom stereocenters. The van der Waals surface area contributed by atoms with Gasteiger partial charge in [0.05, 0.1) is 5.60 Å². The highest BCUT2D eigenvalue weighted by Crippen LogP contribution is 2.37.